The SMILES string of the molecule is Cc1cc(Cl)cc(CNC2CCOCC2)c1. The normalized spacial score (nSPS) is 17.6. The molecule has 0 amide bonds. The van der Waals surface area contributed by atoms with E-state index in [-0.39, 0.29) is 0 Å². The van der Waals surface area contributed by atoms with Crippen LogP contribution in [0.5, 0.6) is 0 Å². The van der Waals surface area contributed by atoms with E-state index in [1.165, 1.54) is 11.1 Å². The highest BCUT2D eigenvalue weighted by molar-refractivity contribution is 6.30. The molecule has 1 aliphatic heterocycles. The van der Waals surface area contributed by atoms with Gasteiger partial charge in [-0.15, -0.1) is 0 Å². The maximum Gasteiger partial charge on any atom is 0.0480 e. The van der Waals surface area contributed by atoms with E-state index >= 15 is 0 Å². The third-order valence-electron chi connectivity index (χ3n) is 2.92. The highest BCUT2D eigenvalue weighted by Gasteiger charge is 2.12. The summed E-state index contributed by atoms with van der Waals surface area (Å²) < 4.78 is 5.33. The Balaban J connectivity index is 1.88. The van der Waals surface area contributed by atoms with Gasteiger partial charge < -0.3 is 10.1 Å². The van der Waals surface area contributed by atoms with E-state index in [0.29, 0.717) is 6.04 Å². The molecule has 1 saturated heterocycles. The van der Waals surface area contributed by atoms with E-state index in [9.17, 15) is 0 Å². The summed E-state index contributed by atoms with van der Waals surface area (Å²) in [6, 6.07) is 6.78. The van der Waals surface area contributed by atoms with Gasteiger partial charge in [-0.3, -0.25) is 0 Å². The lowest BCUT2D eigenvalue weighted by atomic mass is 10.1. The maximum absolute atomic E-state index is 6.02. The Bertz CT molecular complexity index is 328. The van der Waals surface area contributed by atoms with Gasteiger partial charge in [0.15, 0.2) is 0 Å². The van der Waals surface area contributed by atoms with Gasteiger partial charge in [0.25, 0.3) is 0 Å². The Labute approximate surface area is 102 Å². The molecule has 0 spiro atoms. The summed E-state index contributed by atoms with van der Waals surface area (Å²) in [7, 11) is 0. The Kier molecular flexibility index (Phi) is 4.22. The van der Waals surface area contributed by atoms with E-state index in [1.807, 2.05) is 12.1 Å². The van der Waals surface area contributed by atoms with Gasteiger partial charge in [0.2, 0.25) is 0 Å². The third-order valence-corrected chi connectivity index (χ3v) is 3.14. The lowest BCUT2D eigenvalue weighted by Gasteiger charge is -2.23. The fourth-order valence-electron chi connectivity index (χ4n) is 2.08. The second kappa shape index (κ2) is 5.67. The Morgan fingerprint density at radius 1 is 1.31 bits per heavy atom. The molecule has 0 radical (unpaired) electrons. The minimum atomic E-state index is 0.591. The van der Waals surface area contributed by atoms with Crippen LogP contribution in [0.1, 0.15) is 24.0 Å². The summed E-state index contributed by atoms with van der Waals surface area (Å²) in [6.45, 7) is 4.73. The van der Waals surface area contributed by atoms with Gasteiger partial charge in [0.1, 0.15) is 0 Å². The molecule has 1 heterocycles. The van der Waals surface area contributed by atoms with Gasteiger partial charge in [-0.1, -0.05) is 17.7 Å². The van der Waals surface area contributed by atoms with Crippen LogP contribution in [0, 0.1) is 6.92 Å². The van der Waals surface area contributed by atoms with Gasteiger partial charge >= 0.3 is 0 Å². The van der Waals surface area contributed by atoms with E-state index in [1.54, 1.807) is 0 Å². The number of rotatable bonds is 3. The van der Waals surface area contributed by atoms with Crippen LogP contribution in [-0.4, -0.2) is 19.3 Å². The molecule has 0 atom stereocenters. The molecule has 88 valence electrons. The van der Waals surface area contributed by atoms with Crippen LogP contribution in [0.15, 0.2) is 18.2 Å². The summed E-state index contributed by atoms with van der Waals surface area (Å²) in [6.07, 6.45) is 2.22. The number of halogens is 1. The van der Waals surface area contributed by atoms with Crippen molar-refractivity contribution in [2.24, 2.45) is 0 Å². The van der Waals surface area contributed by atoms with Crippen molar-refractivity contribution in [3.63, 3.8) is 0 Å². The first-order valence-corrected chi connectivity index (χ1v) is 6.19. The predicted octanol–water partition coefficient (Wildman–Crippen LogP) is 2.92. The second-order valence-corrected chi connectivity index (χ2v) is 4.84. The fraction of sp³-hybridized carbons (Fsp3) is 0.538. The molecule has 3 heteroatoms. The Morgan fingerprint density at radius 2 is 2.06 bits per heavy atom. The number of aryl methyl sites for hydroxylation is 1. The van der Waals surface area contributed by atoms with Crippen LogP contribution in [0.4, 0.5) is 0 Å². The van der Waals surface area contributed by atoms with Crippen molar-refractivity contribution < 1.29 is 4.74 Å². The molecule has 0 aromatic heterocycles. The summed E-state index contributed by atoms with van der Waals surface area (Å²) in [4.78, 5) is 0. The van der Waals surface area contributed by atoms with Crippen LogP contribution in [-0.2, 0) is 11.3 Å². The maximum atomic E-state index is 6.02. The number of ether oxygens (including phenoxy) is 1. The van der Waals surface area contributed by atoms with Gasteiger partial charge in [-0.05, 0) is 43.0 Å². The zero-order valence-corrected chi connectivity index (χ0v) is 10.4. The smallest absolute Gasteiger partial charge is 0.0480 e. The summed E-state index contributed by atoms with van der Waals surface area (Å²) in [5.41, 5.74) is 2.48. The molecule has 0 unspecified atom stereocenters. The van der Waals surface area contributed by atoms with E-state index < -0.39 is 0 Å². The standard InChI is InChI=1S/C13H18ClNO/c1-10-6-11(8-12(14)7-10)9-15-13-2-4-16-5-3-13/h6-8,13,15H,2-5,9H2,1H3. The molecule has 1 aliphatic rings. The molecule has 0 aliphatic carbocycles. The van der Waals surface area contributed by atoms with Crippen molar-refractivity contribution in [2.75, 3.05) is 13.2 Å². The third kappa shape index (κ3) is 3.48. The molecule has 16 heavy (non-hydrogen) atoms. The van der Waals surface area contributed by atoms with E-state index in [0.717, 1.165) is 37.6 Å². The topological polar surface area (TPSA) is 21.3 Å². The summed E-state index contributed by atoms with van der Waals surface area (Å²) in [5.74, 6) is 0. The molecule has 1 N–H and O–H groups in total. The molecule has 1 aromatic rings. The van der Waals surface area contributed by atoms with Crippen LogP contribution in [0.2, 0.25) is 5.02 Å². The molecule has 1 fully saturated rings. The number of hydrogen-bond donors (Lipinski definition) is 1. The van der Waals surface area contributed by atoms with Crippen LogP contribution < -0.4 is 5.32 Å². The average molecular weight is 240 g/mol. The summed E-state index contributed by atoms with van der Waals surface area (Å²) >= 11 is 6.02. The van der Waals surface area contributed by atoms with Crippen molar-refractivity contribution in [1.82, 2.24) is 5.32 Å². The zero-order chi connectivity index (χ0) is 11.4. The van der Waals surface area contributed by atoms with Gasteiger partial charge in [0.05, 0.1) is 0 Å². The molecule has 2 rings (SSSR count). The minimum absolute atomic E-state index is 0.591. The van der Waals surface area contributed by atoms with Gasteiger partial charge in [-0.25, -0.2) is 0 Å². The van der Waals surface area contributed by atoms with Crippen molar-refractivity contribution in [2.45, 2.75) is 32.4 Å². The molecule has 1 aromatic carbocycles. The summed E-state index contributed by atoms with van der Waals surface area (Å²) in [5, 5.41) is 4.38. The molecular formula is C13H18ClNO. The quantitative estimate of drug-likeness (QED) is 0.876. The Morgan fingerprint density at radius 3 is 2.75 bits per heavy atom. The number of benzene rings is 1. The van der Waals surface area contributed by atoms with Crippen LogP contribution in [0.3, 0.4) is 0 Å². The van der Waals surface area contributed by atoms with E-state index in [4.69, 9.17) is 16.3 Å². The molecule has 0 bridgehead atoms. The second-order valence-electron chi connectivity index (χ2n) is 4.40. The monoisotopic (exact) mass is 239 g/mol. The van der Waals surface area contributed by atoms with Gasteiger partial charge in [-0.2, -0.15) is 0 Å². The van der Waals surface area contributed by atoms with E-state index in [2.05, 4.69) is 18.3 Å². The Hall–Kier alpha value is -0.570. The fourth-order valence-corrected chi connectivity index (χ4v) is 2.39. The van der Waals surface area contributed by atoms with Crippen LogP contribution >= 0.6 is 11.6 Å². The first-order chi connectivity index (χ1) is 7.74. The lowest BCUT2D eigenvalue weighted by molar-refractivity contribution is 0.0776. The largest absolute Gasteiger partial charge is 0.381 e. The molecular weight excluding hydrogens is 222 g/mol. The highest BCUT2D eigenvalue weighted by atomic mass is 35.5. The number of nitrogens with one attached hydrogen (secondary N) is 1. The molecule has 0 saturated carbocycles. The van der Waals surface area contributed by atoms with Gasteiger partial charge in [0, 0.05) is 30.8 Å². The van der Waals surface area contributed by atoms with Crippen molar-refractivity contribution >= 4 is 11.6 Å². The predicted molar refractivity (Wildman–Crippen MR) is 66.9 cm³/mol. The number of hydrogen-bond acceptors (Lipinski definition) is 2. The van der Waals surface area contributed by atoms with Crippen molar-refractivity contribution in [3.05, 3.63) is 34.3 Å². The van der Waals surface area contributed by atoms with Crippen LogP contribution in [0.25, 0.3) is 0 Å². The van der Waals surface area contributed by atoms with Crippen molar-refractivity contribution in [3.8, 4) is 0 Å². The highest BCUT2D eigenvalue weighted by Crippen LogP contribution is 2.15. The minimum Gasteiger partial charge on any atom is -0.381 e. The lowest BCUT2D eigenvalue weighted by Crippen LogP contribution is -2.34. The molecule has 2 nitrogen and oxygen atoms in total. The first-order valence-electron chi connectivity index (χ1n) is 5.81. The van der Waals surface area contributed by atoms with Crippen molar-refractivity contribution in [1.29, 1.82) is 0 Å². The average Bonchev–Trinajstić information content (AvgIpc) is 2.27. The zero-order valence-electron chi connectivity index (χ0n) is 9.63. The first kappa shape index (κ1) is 11.9.